The summed E-state index contributed by atoms with van der Waals surface area (Å²) in [6.07, 6.45) is 0. The van der Waals surface area contributed by atoms with Crippen LogP contribution in [-0.4, -0.2) is 8.41 Å². The predicted octanol–water partition coefficient (Wildman–Crippen LogP) is 0.224. The normalized spacial score (nSPS) is 8.11. The molecule has 0 radical (unpaired) electrons. The number of nitrogen functional groups attached to an aromatic ring is 1. The lowest BCUT2D eigenvalue weighted by molar-refractivity contribution is 0.628. The SMILES string of the molecule is B.Nc1cccc(F)c1. The zero-order valence-corrected chi connectivity index (χ0v) is 4.26. The third-order valence-electron chi connectivity index (χ3n) is 0.849. The van der Waals surface area contributed by atoms with E-state index in [9.17, 15) is 4.39 Å². The van der Waals surface area contributed by atoms with Crippen LogP contribution in [-0.2, 0) is 0 Å². The van der Waals surface area contributed by atoms with E-state index in [1.165, 1.54) is 12.1 Å². The highest BCUT2D eigenvalue weighted by Crippen LogP contribution is 2.02. The van der Waals surface area contributed by atoms with Crippen LogP contribution in [0.15, 0.2) is 24.3 Å². The lowest BCUT2D eigenvalue weighted by atomic mass is 10.3. The molecule has 0 amide bonds. The van der Waals surface area contributed by atoms with Crippen molar-refractivity contribution >= 4 is 14.1 Å². The first-order valence-corrected chi connectivity index (χ1v) is 2.30. The summed E-state index contributed by atoms with van der Waals surface area (Å²) in [5.74, 6) is -0.287. The summed E-state index contributed by atoms with van der Waals surface area (Å²) in [5, 5.41) is 0. The molecule has 0 aliphatic carbocycles. The molecule has 0 bridgehead atoms. The molecule has 0 fully saturated rings. The molecule has 0 atom stereocenters. The van der Waals surface area contributed by atoms with E-state index in [4.69, 9.17) is 5.73 Å². The van der Waals surface area contributed by atoms with Gasteiger partial charge in [0.2, 0.25) is 0 Å². The number of nitrogens with two attached hydrogens (primary N) is 1. The summed E-state index contributed by atoms with van der Waals surface area (Å²) < 4.78 is 12.1. The van der Waals surface area contributed by atoms with Gasteiger partial charge >= 0.3 is 0 Å². The molecule has 1 aromatic carbocycles. The first-order valence-electron chi connectivity index (χ1n) is 2.30. The van der Waals surface area contributed by atoms with E-state index in [0.29, 0.717) is 5.69 Å². The van der Waals surface area contributed by atoms with Crippen molar-refractivity contribution in [3.63, 3.8) is 0 Å². The van der Waals surface area contributed by atoms with Crippen LogP contribution in [0.1, 0.15) is 0 Å². The van der Waals surface area contributed by atoms with E-state index in [1.54, 1.807) is 12.1 Å². The maximum atomic E-state index is 12.1. The molecular weight excluding hydrogens is 116 g/mol. The second-order valence-electron chi connectivity index (χ2n) is 1.56. The van der Waals surface area contributed by atoms with Gasteiger partial charge in [-0.2, -0.15) is 0 Å². The van der Waals surface area contributed by atoms with Crippen LogP contribution in [0.3, 0.4) is 0 Å². The van der Waals surface area contributed by atoms with Gasteiger partial charge in [-0.1, -0.05) is 6.07 Å². The highest BCUT2D eigenvalue weighted by molar-refractivity contribution is 5.75. The molecule has 0 aliphatic rings. The molecule has 0 heterocycles. The third kappa shape index (κ3) is 2.17. The van der Waals surface area contributed by atoms with Crippen molar-refractivity contribution in [3.8, 4) is 0 Å². The Morgan fingerprint density at radius 1 is 1.33 bits per heavy atom. The van der Waals surface area contributed by atoms with Gasteiger partial charge in [0, 0.05) is 5.69 Å². The van der Waals surface area contributed by atoms with Crippen molar-refractivity contribution in [3.05, 3.63) is 30.1 Å². The van der Waals surface area contributed by atoms with Gasteiger partial charge in [-0.05, 0) is 18.2 Å². The van der Waals surface area contributed by atoms with Gasteiger partial charge in [0.25, 0.3) is 0 Å². The Morgan fingerprint density at radius 3 is 2.33 bits per heavy atom. The Labute approximate surface area is 55.3 Å². The summed E-state index contributed by atoms with van der Waals surface area (Å²) in [4.78, 5) is 0. The summed E-state index contributed by atoms with van der Waals surface area (Å²) in [6.45, 7) is 0. The smallest absolute Gasteiger partial charge is 0.125 e. The summed E-state index contributed by atoms with van der Waals surface area (Å²) >= 11 is 0. The molecule has 0 unspecified atom stereocenters. The highest BCUT2D eigenvalue weighted by Gasteiger charge is 1.85. The van der Waals surface area contributed by atoms with Gasteiger partial charge in [0.15, 0.2) is 0 Å². The first-order chi connectivity index (χ1) is 3.79. The number of anilines is 1. The summed E-state index contributed by atoms with van der Waals surface area (Å²) in [7, 11) is 0. The number of benzene rings is 1. The molecule has 9 heavy (non-hydrogen) atoms. The van der Waals surface area contributed by atoms with Gasteiger partial charge in [0.05, 0.1) is 8.41 Å². The summed E-state index contributed by atoms with van der Waals surface area (Å²) in [5.41, 5.74) is 5.68. The lowest BCUT2D eigenvalue weighted by Gasteiger charge is -1.88. The molecular formula is C6H9BFN. The van der Waals surface area contributed by atoms with Gasteiger partial charge in [-0.15, -0.1) is 0 Å². The van der Waals surface area contributed by atoms with Crippen LogP contribution in [0.5, 0.6) is 0 Å². The van der Waals surface area contributed by atoms with Crippen LogP contribution < -0.4 is 5.73 Å². The minimum atomic E-state index is -0.287. The zero-order valence-electron chi connectivity index (χ0n) is 4.26. The molecule has 1 nitrogen and oxygen atoms in total. The van der Waals surface area contributed by atoms with Crippen molar-refractivity contribution in [1.29, 1.82) is 0 Å². The zero-order chi connectivity index (χ0) is 5.98. The average Bonchev–Trinajstić information content (AvgIpc) is 1.64. The Morgan fingerprint density at radius 2 is 2.00 bits per heavy atom. The van der Waals surface area contributed by atoms with Gasteiger partial charge < -0.3 is 5.73 Å². The molecule has 0 aliphatic heterocycles. The number of halogens is 1. The van der Waals surface area contributed by atoms with Gasteiger partial charge in [-0.3, -0.25) is 0 Å². The fourth-order valence-electron chi connectivity index (χ4n) is 0.507. The molecule has 2 N–H and O–H groups in total. The van der Waals surface area contributed by atoms with E-state index in [-0.39, 0.29) is 14.2 Å². The fraction of sp³-hybridized carbons (Fsp3) is 0. The predicted molar refractivity (Wildman–Crippen MR) is 40.8 cm³/mol. The lowest BCUT2D eigenvalue weighted by Crippen LogP contribution is -1.83. The van der Waals surface area contributed by atoms with Crippen LogP contribution >= 0.6 is 0 Å². The third-order valence-corrected chi connectivity index (χ3v) is 0.849. The Balaban J connectivity index is 0.000000640. The fourth-order valence-corrected chi connectivity index (χ4v) is 0.507. The van der Waals surface area contributed by atoms with Crippen molar-refractivity contribution in [1.82, 2.24) is 0 Å². The van der Waals surface area contributed by atoms with E-state index < -0.39 is 0 Å². The average molecular weight is 125 g/mol. The minimum Gasteiger partial charge on any atom is -0.399 e. The first kappa shape index (κ1) is 8.01. The van der Waals surface area contributed by atoms with Gasteiger partial charge in [-0.25, -0.2) is 4.39 Å². The molecule has 0 aromatic heterocycles. The molecule has 0 saturated carbocycles. The van der Waals surface area contributed by atoms with E-state index in [2.05, 4.69) is 0 Å². The van der Waals surface area contributed by atoms with Crippen LogP contribution in [0.25, 0.3) is 0 Å². The molecule has 0 saturated heterocycles. The van der Waals surface area contributed by atoms with E-state index >= 15 is 0 Å². The molecule has 1 rings (SSSR count). The van der Waals surface area contributed by atoms with Crippen molar-refractivity contribution < 1.29 is 4.39 Å². The number of hydrogen-bond donors (Lipinski definition) is 1. The Hall–Kier alpha value is -0.985. The number of rotatable bonds is 0. The Bertz CT molecular complexity index is 173. The summed E-state index contributed by atoms with van der Waals surface area (Å²) in [6, 6.07) is 5.85. The number of hydrogen-bond acceptors (Lipinski definition) is 1. The molecule has 3 heteroatoms. The second kappa shape index (κ2) is 3.12. The largest absolute Gasteiger partial charge is 0.399 e. The maximum absolute atomic E-state index is 12.1. The molecule has 1 aromatic rings. The maximum Gasteiger partial charge on any atom is 0.125 e. The molecule has 48 valence electrons. The minimum absolute atomic E-state index is 0. The standard InChI is InChI=1S/C6H6FN.BH3/c7-5-2-1-3-6(8)4-5;/h1-4H,8H2;1H3. The monoisotopic (exact) mass is 125 g/mol. The van der Waals surface area contributed by atoms with Crippen LogP contribution in [0.2, 0.25) is 0 Å². The quantitative estimate of drug-likeness (QED) is 0.389. The topological polar surface area (TPSA) is 26.0 Å². The van der Waals surface area contributed by atoms with Gasteiger partial charge in [0.1, 0.15) is 5.82 Å². The highest BCUT2D eigenvalue weighted by atomic mass is 19.1. The van der Waals surface area contributed by atoms with Crippen molar-refractivity contribution in [2.45, 2.75) is 0 Å². The van der Waals surface area contributed by atoms with E-state index in [1.807, 2.05) is 0 Å². The van der Waals surface area contributed by atoms with Crippen LogP contribution in [0, 0.1) is 5.82 Å². The van der Waals surface area contributed by atoms with E-state index in [0.717, 1.165) is 0 Å². The van der Waals surface area contributed by atoms with Crippen LogP contribution in [0.4, 0.5) is 10.1 Å². The van der Waals surface area contributed by atoms with Crippen molar-refractivity contribution in [2.75, 3.05) is 5.73 Å². The second-order valence-corrected chi connectivity index (χ2v) is 1.56. The van der Waals surface area contributed by atoms with Crippen molar-refractivity contribution in [2.24, 2.45) is 0 Å². The molecule has 0 spiro atoms. The Kier molecular flexibility index (Phi) is 2.78.